The lowest BCUT2D eigenvalue weighted by molar-refractivity contribution is 0.103. The van der Waals surface area contributed by atoms with Crippen molar-refractivity contribution in [3.05, 3.63) is 57.5 Å². The Hall–Kier alpha value is -2.58. The standard InChI is InChI=1S/C19H17N5OS2/c1-11-14-9-15(16(25)20-19-22-21-17(27-19)13-7-8-13)26-18(14)24(23-11)10-12-5-3-2-4-6-12/h2-6,9,13H,7-8,10H2,1H3,(H,20,22,25). The molecule has 1 aliphatic carbocycles. The van der Waals surface area contributed by atoms with Gasteiger partial charge in [-0.15, -0.1) is 21.5 Å². The van der Waals surface area contributed by atoms with E-state index in [0.717, 1.165) is 20.9 Å². The number of carbonyl (C=O) groups is 1. The fourth-order valence-corrected chi connectivity index (χ4v) is 4.99. The molecule has 136 valence electrons. The molecule has 1 amide bonds. The first-order chi connectivity index (χ1) is 13.2. The fraction of sp³-hybridized carbons (Fsp3) is 0.263. The third-order valence-corrected chi connectivity index (χ3v) is 6.74. The molecule has 1 aromatic carbocycles. The molecule has 0 unspecified atom stereocenters. The van der Waals surface area contributed by atoms with E-state index in [1.807, 2.05) is 35.9 Å². The molecule has 1 N–H and O–H groups in total. The number of anilines is 1. The molecule has 5 rings (SSSR count). The van der Waals surface area contributed by atoms with Crippen LogP contribution in [0.25, 0.3) is 10.2 Å². The molecule has 0 atom stereocenters. The van der Waals surface area contributed by atoms with Crippen LogP contribution in [0.2, 0.25) is 0 Å². The summed E-state index contributed by atoms with van der Waals surface area (Å²) in [6, 6.07) is 12.1. The Bertz CT molecular complexity index is 1120. The minimum atomic E-state index is -0.139. The van der Waals surface area contributed by atoms with E-state index in [1.54, 1.807) is 0 Å². The van der Waals surface area contributed by atoms with E-state index in [1.165, 1.54) is 41.1 Å². The number of fused-ring (bicyclic) bond motifs is 1. The van der Waals surface area contributed by atoms with Crippen molar-refractivity contribution in [3.8, 4) is 0 Å². The summed E-state index contributed by atoms with van der Waals surface area (Å²) in [5.41, 5.74) is 2.12. The quantitative estimate of drug-likeness (QED) is 0.542. The summed E-state index contributed by atoms with van der Waals surface area (Å²) in [7, 11) is 0. The maximum atomic E-state index is 12.7. The van der Waals surface area contributed by atoms with Crippen molar-refractivity contribution >= 4 is 43.9 Å². The molecule has 1 aliphatic rings. The molecule has 0 radical (unpaired) electrons. The summed E-state index contributed by atoms with van der Waals surface area (Å²) in [6.07, 6.45) is 2.35. The molecule has 6 nitrogen and oxygen atoms in total. The number of aromatic nitrogens is 4. The first-order valence-corrected chi connectivity index (χ1v) is 10.5. The third kappa shape index (κ3) is 3.26. The number of hydrogen-bond acceptors (Lipinski definition) is 6. The number of nitrogens with zero attached hydrogens (tertiary/aromatic N) is 4. The van der Waals surface area contributed by atoms with Crippen molar-refractivity contribution in [2.24, 2.45) is 0 Å². The van der Waals surface area contributed by atoms with Crippen molar-refractivity contribution < 1.29 is 4.79 Å². The lowest BCUT2D eigenvalue weighted by Crippen LogP contribution is -2.09. The van der Waals surface area contributed by atoms with Gasteiger partial charge in [-0.25, -0.2) is 0 Å². The zero-order valence-electron chi connectivity index (χ0n) is 14.7. The second kappa shape index (κ2) is 6.54. The minimum Gasteiger partial charge on any atom is -0.296 e. The van der Waals surface area contributed by atoms with Crippen LogP contribution < -0.4 is 5.32 Å². The van der Waals surface area contributed by atoms with Gasteiger partial charge in [-0.2, -0.15) is 5.10 Å². The minimum absolute atomic E-state index is 0.139. The number of rotatable bonds is 5. The highest BCUT2D eigenvalue weighted by Gasteiger charge is 2.28. The van der Waals surface area contributed by atoms with Gasteiger partial charge in [-0.1, -0.05) is 41.7 Å². The van der Waals surface area contributed by atoms with Gasteiger partial charge in [0.2, 0.25) is 5.13 Å². The molecule has 4 aromatic rings. The highest BCUT2D eigenvalue weighted by molar-refractivity contribution is 7.20. The van der Waals surface area contributed by atoms with E-state index in [0.29, 0.717) is 22.5 Å². The van der Waals surface area contributed by atoms with Gasteiger partial charge in [0.15, 0.2) is 0 Å². The summed E-state index contributed by atoms with van der Waals surface area (Å²) in [4.78, 5) is 14.3. The summed E-state index contributed by atoms with van der Waals surface area (Å²) < 4.78 is 1.97. The number of thiophene rings is 1. The van der Waals surface area contributed by atoms with Gasteiger partial charge in [0, 0.05) is 11.3 Å². The molecule has 1 saturated carbocycles. The molecule has 0 bridgehead atoms. The van der Waals surface area contributed by atoms with Crippen molar-refractivity contribution in [2.45, 2.75) is 32.2 Å². The van der Waals surface area contributed by atoms with E-state index in [-0.39, 0.29) is 5.91 Å². The molecule has 0 aliphatic heterocycles. The van der Waals surface area contributed by atoms with Crippen molar-refractivity contribution in [3.63, 3.8) is 0 Å². The van der Waals surface area contributed by atoms with Gasteiger partial charge in [0.25, 0.3) is 5.91 Å². The monoisotopic (exact) mass is 395 g/mol. The maximum absolute atomic E-state index is 12.7. The zero-order chi connectivity index (χ0) is 18.4. The molecular formula is C19H17N5OS2. The van der Waals surface area contributed by atoms with Crippen molar-refractivity contribution in [1.29, 1.82) is 0 Å². The van der Waals surface area contributed by atoms with Gasteiger partial charge in [-0.3, -0.25) is 14.8 Å². The molecule has 1 fully saturated rings. The summed E-state index contributed by atoms with van der Waals surface area (Å²) in [5.74, 6) is 0.407. The normalized spacial score (nSPS) is 14.0. The Labute approximate surface area is 163 Å². The van der Waals surface area contributed by atoms with Crippen LogP contribution in [-0.2, 0) is 6.54 Å². The first-order valence-electron chi connectivity index (χ1n) is 8.83. The number of hydrogen-bond donors (Lipinski definition) is 1. The average molecular weight is 396 g/mol. The third-order valence-electron chi connectivity index (χ3n) is 4.59. The predicted octanol–water partition coefficient (Wildman–Crippen LogP) is 4.44. The van der Waals surface area contributed by atoms with E-state index in [2.05, 4.69) is 32.7 Å². The average Bonchev–Trinajstić information content (AvgIpc) is 3.13. The highest BCUT2D eigenvalue weighted by Crippen LogP contribution is 2.42. The van der Waals surface area contributed by atoms with Crippen LogP contribution in [0.4, 0.5) is 5.13 Å². The van der Waals surface area contributed by atoms with Gasteiger partial charge in [-0.05, 0) is 31.4 Å². The summed E-state index contributed by atoms with van der Waals surface area (Å²) in [5, 5.41) is 18.4. The Morgan fingerprint density at radius 2 is 2.04 bits per heavy atom. The van der Waals surface area contributed by atoms with Gasteiger partial charge >= 0.3 is 0 Å². The second-order valence-electron chi connectivity index (χ2n) is 6.73. The number of nitrogens with one attached hydrogen (secondary N) is 1. The Balaban J connectivity index is 1.40. The lowest BCUT2D eigenvalue weighted by atomic mass is 10.2. The first kappa shape index (κ1) is 16.6. The topological polar surface area (TPSA) is 72.7 Å². The number of benzene rings is 1. The molecule has 0 spiro atoms. The maximum Gasteiger partial charge on any atom is 0.267 e. The van der Waals surface area contributed by atoms with Gasteiger partial charge in [0.1, 0.15) is 9.84 Å². The predicted molar refractivity (Wildman–Crippen MR) is 108 cm³/mol. The fourth-order valence-electron chi connectivity index (χ4n) is 3.03. The van der Waals surface area contributed by atoms with Crippen molar-refractivity contribution in [2.75, 3.05) is 5.32 Å². The van der Waals surface area contributed by atoms with E-state index < -0.39 is 0 Å². The van der Waals surface area contributed by atoms with Crippen LogP contribution in [0.3, 0.4) is 0 Å². The van der Waals surface area contributed by atoms with Crippen LogP contribution in [0.1, 0.15) is 44.7 Å². The smallest absolute Gasteiger partial charge is 0.267 e. The van der Waals surface area contributed by atoms with E-state index >= 15 is 0 Å². The van der Waals surface area contributed by atoms with E-state index in [9.17, 15) is 4.79 Å². The number of carbonyl (C=O) groups excluding carboxylic acids is 1. The Morgan fingerprint density at radius 3 is 2.81 bits per heavy atom. The molecule has 3 heterocycles. The van der Waals surface area contributed by atoms with Crippen molar-refractivity contribution in [1.82, 2.24) is 20.0 Å². The highest BCUT2D eigenvalue weighted by atomic mass is 32.1. The molecular weight excluding hydrogens is 378 g/mol. The number of amides is 1. The summed E-state index contributed by atoms with van der Waals surface area (Å²) in [6.45, 7) is 2.67. The van der Waals surface area contributed by atoms with Crippen LogP contribution in [0.5, 0.6) is 0 Å². The van der Waals surface area contributed by atoms with E-state index in [4.69, 9.17) is 0 Å². The van der Waals surface area contributed by atoms with Crippen LogP contribution in [0.15, 0.2) is 36.4 Å². The van der Waals surface area contributed by atoms with Crippen LogP contribution in [-0.4, -0.2) is 25.9 Å². The zero-order valence-corrected chi connectivity index (χ0v) is 16.3. The SMILES string of the molecule is Cc1nn(Cc2ccccc2)c2sc(C(=O)Nc3nnc(C4CC4)s3)cc12. The van der Waals surface area contributed by atoms with Gasteiger partial charge < -0.3 is 0 Å². The van der Waals surface area contributed by atoms with Crippen LogP contribution >= 0.6 is 22.7 Å². The summed E-state index contributed by atoms with van der Waals surface area (Å²) >= 11 is 2.94. The molecule has 8 heteroatoms. The lowest BCUT2D eigenvalue weighted by Gasteiger charge is -2.02. The largest absolute Gasteiger partial charge is 0.296 e. The van der Waals surface area contributed by atoms with Gasteiger partial charge in [0.05, 0.1) is 17.1 Å². The Kier molecular flexibility index (Phi) is 4.02. The number of aryl methyl sites for hydroxylation is 1. The molecule has 27 heavy (non-hydrogen) atoms. The molecule has 3 aromatic heterocycles. The second-order valence-corrected chi connectivity index (χ2v) is 8.77. The Morgan fingerprint density at radius 1 is 1.22 bits per heavy atom. The van der Waals surface area contributed by atoms with Crippen LogP contribution in [0, 0.1) is 6.92 Å². The molecule has 0 saturated heterocycles.